The van der Waals surface area contributed by atoms with Crippen LogP contribution >= 0.6 is 0 Å². The molecule has 0 aliphatic heterocycles. The zero-order chi connectivity index (χ0) is 19.1. The zero-order valence-corrected chi connectivity index (χ0v) is 15.7. The second kappa shape index (κ2) is 9.33. The molecule has 0 radical (unpaired) electrons. The van der Waals surface area contributed by atoms with Crippen molar-refractivity contribution in [1.29, 1.82) is 0 Å². The van der Waals surface area contributed by atoms with Gasteiger partial charge in [-0.05, 0) is 33.4 Å². The Hall–Kier alpha value is -2.19. The van der Waals surface area contributed by atoms with E-state index >= 15 is 0 Å². The van der Waals surface area contributed by atoms with Gasteiger partial charge in [0.05, 0.1) is 37.6 Å². The predicted molar refractivity (Wildman–Crippen MR) is 92.9 cm³/mol. The van der Waals surface area contributed by atoms with Crippen LogP contribution in [0.25, 0.3) is 0 Å². The fraction of sp³-hybridized carbons (Fsp3) is 0.588. The summed E-state index contributed by atoms with van der Waals surface area (Å²) < 4.78 is 9.63. The number of aryl methyl sites for hydroxylation is 1. The van der Waals surface area contributed by atoms with Crippen LogP contribution in [0.15, 0.2) is 0 Å². The lowest BCUT2D eigenvalue weighted by Crippen LogP contribution is -2.43. The first-order valence-corrected chi connectivity index (χ1v) is 8.02. The number of ether oxygens (including phenoxy) is 2. The van der Waals surface area contributed by atoms with E-state index in [0.717, 1.165) is 0 Å². The number of carbonyl (C=O) groups excluding carboxylic acids is 3. The number of esters is 1. The standard InChI is InChI=1S/C17H27N3O5/c1-10-14(17(23)25-6)11(2)19-15(10)16(22)12(3)20(4)9-13(21)18-7-8-24-5/h12,19H,7-9H2,1-6H3,(H,18,21). The van der Waals surface area contributed by atoms with Crippen molar-refractivity contribution < 1.29 is 23.9 Å². The molecule has 0 saturated heterocycles. The molecule has 0 aromatic carbocycles. The number of nitrogens with one attached hydrogen (secondary N) is 2. The van der Waals surface area contributed by atoms with E-state index in [-0.39, 0.29) is 18.2 Å². The summed E-state index contributed by atoms with van der Waals surface area (Å²) in [5.41, 5.74) is 1.87. The largest absolute Gasteiger partial charge is 0.465 e. The summed E-state index contributed by atoms with van der Waals surface area (Å²) in [5.74, 6) is -0.861. The van der Waals surface area contributed by atoms with E-state index in [0.29, 0.717) is 35.7 Å². The number of amides is 1. The summed E-state index contributed by atoms with van der Waals surface area (Å²) in [6, 6.07) is -0.532. The minimum atomic E-state index is -0.532. The average Bonchev–Trinajstić information content (AvgIpc) is 2.87. The molecule has 0 bridgehead atoms. The Bertz CT molecular complexity index is 638. The lowest BCUT2D eigenvalue weighted by Gasteiger charge is -2.22. The van der Waals surface area contributed by atoms with Gasteiger partial charge in [0, 0.05) is 19.3 Å². The molecule has 1 heterocycles. The zero-order valence-electron chi connectivity index (χ0n) is 15.7. The van der Waals surface area contributed by atoms with E-state index in [1.54, 1.807) is 39.8 Å². The summed E-state index contributed by atoms with van der Waals surface area (Å²) in [6.45, 7) is 6.07. The lowest BCUT2D eigenvalue weighted by atomic mass is 10.0. The number of aromatic amines is 1. The molecule has 140 valence electrons. The Morgan fingerprint density at radius 2 is 1.88 bits per heavy atom. The Morgan fingerprint density at radius 3 is 2.44 bits per heavy atom. The number of nitrogens with zero attached hydrogens (tertiary/aromatic N) is 1. The van der Waals surface area contributed by atoms with Gasteiger partial charge in [-0.1, -0.05) is 0 Å². The van der Waals surface area contributed by atoms with Crippen LogP contribution in [0.1, 0.15) is 39.0 Å². The van der Waals surface area contributed by atoms with Crippen molar-refractivity contribution in [2.45, 2.75) is 26.8 Å². The van der Waals surface area contributed by atoms with Crippen LogP contribution in [0.4, 0.5) is 0 Å². The number of likely N-dealkylation sites (N-methyl/N-ethyl adjacent to an activating group) is 1. The van der Waals surface area contributed by atoms with Crippen LogP contribution in [-0.4, -0.2) is 74.5 Å². The molecule has 1 amide bonds. The Balaban J connectivity index is 2.82. The number of carbonyl (C=O) groups is 3. The molecule has 1 aromatic heterocycles. The Labute approximate surface area is 147 Å². The minimum absolute atomic E-state index is 0.0826. The lowest BCUT2D eigenvalue weighted by molar-refractivity contribution is -0.122. The number of Topliss-reactive ketones (excluding diaryl/α,β-unsaturated/α-hetero) is 1. The number of H-pyrrole nitrogens is 1. The van der Waals surface area contributed by atoms with Crippen molar-refractivity contribution in [3.8, 4) is 0 Å². The van der Waals surface area contributed by atoms with Gasteiger partial charge in [-0.2, -0.15) is 0 Å². The highest BCUT2D eigenvalue weighted by atomic mass is 16.5. The van der Waals surface area contributed by atoms with Crippen molar-refractivity contribution >= 4 is 17.7 Å². The molecule has 1 unspecified atom stereocenters. The third-order valence-corrected chi connectivity index (χ3v) is 4.14. The van der Waals surface area contributed by atoms with E-state index in [1.165, 1.54) is 7.11 Å². The number of methoxy groups -OCH3 is 2. The van der Waals surface area contributed by atoms with Gasteiger partial charge in [0.15, 0.2) is 5.78 Å². The van der Waals surface area contributed by atoms with E-state index in [4.69, 9.17) is 9.47 Å². The summed E-state index contributed by atoms with van der Waals surface area (Å²) in [4.78, 5) is 41.1. The number of hydrogen-bond acceptors (Lipinski definition) is 6. The number of rotatable bonds is 9. The first kappa shape index (κ1) is 20.9. The van der Waals surface area contributed by atoms with Crippen LogP contribution in [0.3, 0.4) is 0 Å². The van der Waals surface area contributed by atoms with Gasteiger partial charge >= 0.3 is 5.97 Å². The molecule has 1 atom stereocenters. The molecule has 8 heteroatoms. The molecule has 0 saturated carbocycles. The number of aromatic nitrogens is 1. The van der Waals surface area contributed by atoms with E-state index in [2.05, 4.69) is 10.3 Å². The third kappa shape index (κ3) is 5.14. The third-order valence-electron chi connectivity index (χ3n) is 4.14. The topological polar surface area (TPSA) is 101 Å². The molecule has 0 aliphatic rings. The molecule has 0 aliphatic carbocycles. The van der Waals surface area contributed by atoms with Gasteiger partial charge in [0.2, 0.25) is 5.91 Å². The SMILES string of the molecule is COCCNC(=O)CN(C)C(C)C(=O)c1[nH]c(C)c(C(=O)OC)c1C. The summed E-state index contributed by atoms with van der Waals surface area (Å²) >= 11 is 0. The van der Waals surface area contributed by atoms with E-state index < -0.39 is 12.0 Å². The van der Waals surface area contributed by atoms with Crippen molar-refractivity contribution in [3.63, 3.8) is 0 Å². The number of hydrogen-bond donors (Lipinski definition) is 2. The van der Waals surface area contributed by atoms with Gasteiger partial charge in [-0.3, -0.25) is 14.5 Å². The highest BCUT2D eigenvalue weighted by molar-refractivity contribution is 6.03. The highest BCUT2D eigenvalue weighted by Crippen LogP contribution is 2.21. The van der Waals surface area contributed by atoms with Gasteiger partial charge in [-0.25, -0.2) is 4.79 Å². The molecule has 1 aromatic rings. The van der Waals surface area contributed by atoms with Crippen LogP contribution < -0.4 is 5.32 Å². The molecule has 8 nitrogen and oxygen atoms in total. The monoisotopic (exact) mass is 353 g/mol. The maximum Gasteiger partial charge on any atom is 0.339 e. The highest BCUT2D eigenvalue weighted by Gasteiger charge is 2.27. The minimum Gasteiger partial charge on any atom is -0.465 e. The van der Waals surface area contributed by atoms with Crippen LogP contribution in [-0.2, 0) is 14.3 Å². The van der Waals surface area contributed by atoms with Crippen molar-refractivity contribution in [3.05, 3.63) is 22.5 Å². The first-order valence-electron chi connectivity index (χ1n) is 8.02. The molecule has 25 heavy (non-hydrogen) atoms. The summed E-state index contributed by atoms with van der Waals surface area (Å²) in [5, 5.41) is 2.71. The van der Waals surface area contributed by atoms with Crippen LogP contribution in [0, 0.1) is 13.8 Å². The molecular weight excluding hydrogens is 326 g/mol. The normalized spacial score (nSPS) is 12.1. The van der Waals surface area contributed by atoms with Crippen molar-refractivity contribution in [1.82, 2.24) is 15.2 Å². The fourth-order valence-electron chi connectivity index (χ4n) is 2.53. The Kier molecular flexibility index (Phi) is 7.79. The van der Waals surface area contributed by atoms with E-state index in [1.807, 2.05) is 0 Å². The molecule has 2 N–H and O–H groups in total. The first-order chi connectivity index (χ1) is 11.7. The van der Waals surface area contributed by atoms with Gasteiger partial charge < -0.3 is 19.8 Å². The predicted octanol–water partition coefficient (Wildman–Crippen LogP) is 0.684. The molecular formula is C17H27N3O5. The van der Waals surface area contributed by atoms with Crippen LogP contribution in [0.5, 0.6) is 0 Å². The summed E-state index contributed by atoms with van der Waals surface area (Å²) in [6.07, 6.45) is 0. The van der Waals surface area contributed by atoms with Crippen LogP contribution in [0.2, 0.25) is 0 Å². The van der Waals surface area contributed by atoms with Gasteiger partial charge in [0.25, 0.3) is 0 Å². The smallest absolute Gasteiger partial charge is 0.339 e. The molecule has 1 rings (SSSR count). The molecule has 0 spiro atoms. The quantitative estimate of drug-likeness (QED) is 0.385. The maximum atomic E-state index is 12.7. The molecule has 0 fully saturated rings. The van der Waals surface area contributed by atoms with E-state index in [9.17, 15) is 14.4 Å². The Morgan fingerprint density at radius 1 is 1.24 bits per heavy atom. The maximum absolute atomic E-state index is 12.7. The summed E-state index contributed by atoms with van der Waals surface area (Å²) in [7, 11) is 4.56. The van der Waals surface area contributed by atoms with Crippen molar-refractivity contribution in [2.75, 3.05) is 41.0 Å². The van der Waals surface area contributed by atoms with Crippen molar-refractivity contribution in [2.24, 2.45) is 0 Å². The fourth-order valence-corrected chi connectivity index (χ4v) is 2.53. The number of ketones is 1. The van der Waals surface area contributed by atoms with Gasteiger partial charge in [0.1, 0.15) is 0 Å². The second-order valence-electron chi connectivity index (χ2n) is 5.91. The average molecular weight is 353 g/mol. The second-order valence-corrected chi connectivity index (χ2v) is 5.91. The van der Waals surface area contributed by atoms with Gasteiger partial charge in [-0.15, -0.1) is 0 Å².